The van der Waals surface area contributed by atoms with Crippen molar-refractivity contribution in [3.05, 3.63) is 53.2 Å². The molecule has 5 nitrogen and oxygen atoms in total. The van der Waals surface area contributed by atoms with Crippen molar-refractivity contribution in [1.29, 1.82) is 0 Å². The third-order valence-corrected chi connectivity index (χ3v) is 4.68. The van der Waals surface area contributed by atoms with Gasteiger partial charge in [-0.05, 0) is 23.6 Å². The number of pyridine rings is 1. The second-order valence-electron chi connectivity index (χ2n) is 6.93. The summed E-state index contributed by atoms with van der Waals surface area (Å²) in [5.74, 6) is 0.574. The molecule has 1 aliphatic rings. The third-order valence-electron chi connectivity index (χ3n) is 4.68. The number of nitrogen functional groups attached to an aromatic ring is 1. The highest BCUT2D eigenvalue weighted by atomic mass is 16.5. The molecule has 0 aliphatic carbocycles. The van der Waals surface area contributed by atoms with Crippen LogP contribution in [0.5, 0.6) is 0 Å². The van der Waals surface area contributed by atoms with Gasteiger partial charge in [0.05, 0.1) is 13.2 Å². The van der Waals surface area contributed by atoms with Crippen molar-refractivity contribution in [2.24, 2.45) is 0 Å². The molecule has 0 amide bonds. The van der Waals surface area contributed by atoms with Gasteiger partial charge in [-0.3, -0.25) is 4.90 Å². The lowest BCUT2D eigenvalue weighted by Crippen LogP contribution is -2.35. The van der Waals surface area contributed by atoms with Crippen molar-refractivity contribution >= 4 is 11.5 Å². The molecule has 0 saturated carbocycles. The van der Waals surface area contributed by atoms with Crippen molar-refractivity contribution in [2.75, 3.05) is 43.9 Å². The van der Waals surface area contributed by atoms with Gasteiger partial charge in [0.2, 0.25) is 0 Å². The minimum Gasteiger partial charge on any atom is -0.385 e. The summed E-state index contributed by atoms with van der Waals surface area (Å²) in [6, 6.07) is 12.9. The summed E-state index contributed by atoms with van der Waals surface area (Å²) in [7, 11) is 0. The van der Waals surface area contributed by atoms with E-state index in [1.807, 2.05) is 6.07 Å². The number of aromatic nitrogens is 1. The van der Waals surface area contributed by atoms with E-state index in [-0.39, 0.29) is 0 Å². The molecule has 0 bridgehead atoms. The molecule has 5 heteroatoms. The molecule has 3 rings (SSSR count). The monoisotopic (exact) mass is 354 g/mol. The fraction of sp³-hybridized carbons (Fsp3) is 0.476. The molecule has 1 saturated heterocycles. The van der Waals surface area contributed by atoms with Gasteiger partial charge in [0.15, 0.2) is 0 Å². The molecule has 2 heterocycles. The van der Waals surface area contributed by atoms with Crippen LogP contribution in [0.2, 0.25) is 0 Å². The number of ether oxygens (including phenoxy) is 1. The maximum Gasteiger partial charge on any atom is 0.125 e. The zero-order valence-electron chi connectivity index (χ0n) is 15.7. The van der Waals surface area contributed by atoms with Gasteiger partial charge in [0.1, 0.15) is 5.82 Å². The molecule has 2 aromatic rings. The summed E-state index contributed by atoms with van der Waals surface area (Å²) in [5, 5.41) is 3.43. The molecular weight excluding hydrogens is 324 g/mol. The molecule has 0 spiro atoms. The Bertz CT molecular complexity index is 681. The molecule has 1 fully saturated rings. The van der Waals surface area contributed by atoms with Crippen LogP contribution in [-0.2, 0) is 17.7 Å². The molecule has 0 atom stereocenters. The Labute approximate surface area is 156 Å². The number of hydrogen-bond donors (Lipinski definition) is 2. The van der Waals surface area contributed by atoms with E-state index in [0.29, 0.717) is 5.82 Å². The molecule has 3 N–H and O–H groups in total. The number of morpholine rings is 1. The average Bonchev–Trinajstić information content (AvgIpc) is 2.64. The molecule has 140 valence electrons. The van der Waals surface area contributed by atoms with Crippen LogP contribution in [0, 0.1) is 0 Å². The van der Waals surface area contributed by atoms with Gasteiger partial charge < -0.3 is 15.8 Å². The molecule has 0 radical (unpaired) electrons. The lowest BCUT2D eigenvalue weighted by Gasteiger charge is -2.26. The predicted octanol–water partition coefficient (Wildman–Crippen LogP) is 3.30. The van der Waals surface area contributed by atoms with Crippen LogP contribution < -0.4 is 11.1 Å². The second-order valence-corrected chi connectivity index (χ2v) is 6.93. The van der Waals surface area contributed by atoms with Crippen molar-refractivity contribution in [3.8, 4) is 0 Å². The summed E-state index contributed by atoms with van der Waals surface area (Å²) in [6.45, 7) is 7.87. The van der Waals surface area contributed by atoms with Gasteiger partial charge in [-0.1, -0.05) is 37.6 Å². The zero-order chi connectivity index (χ0) is 18.2. The minimum absolute atomic E-state index is 0.574. The standard InChI is InChI=1S/C21H30N4O/c1-2-3-8-23-19-14-20(24-21(22)15-19)13-17-4-6-18(7-5-17)16-25-9-11-26-12-10-25/h4-7,14-15H,2-3,8-13,16H2,1H3,(H3,22,23,24). The fourth-order valence-corrected chi connectivity index (χ4v) is 3.20. The number of nitrogens with two attached hydrogens (primary N) is 1. The van der Waals surface area contributed by atoms with Gasteiger partial charge in [-0.2, -0.15) is 0 Å². The maximum absolute atomic E-state index is 5.98. The molecular formula is C21H30N4O. The van der Waals surface area contributed by atoms with E-state index >= 15 is 0 Å². The van der Waals surface area contributed by atoms with Crippen LogP contribution in [-0.4, -0.2) is 42.7 Å². The van der Waals surface area contributed by atoms with E-state index in [4.69, 9.17) is 10.5 Å². The quantitative estimate of drug-likeness (QED) is 0.712. The number of hydrogen-bond acceptors (Lipinski definition) is 5. The highest BCUT2D eigenvalue weighted by Gasteiger charge is 2.10. The molecule has 26 heavy (non-hydrogen) atoms. The molecule has 1 aliphatic heterocycles. The number of unbranched alkanes of at least 4 members (excludes halogenated alkanes) is 1. The fourth-order valence-electron chi connectivity index (χ4n) is 3.20. The topological polar surface area (TPSA) is 63.4 Å². The summed E-state index contributed by atoms with van der Waals surface area (Å²) >= 11 is 0. The van der Waals surface area contributed by atoms with Gasteiger partial charge in [0.25, 0.3) is 0 Å². The van der Waals surface area contributed by atoms with Crippen molar-refractivity contribution in [1.82, 2.24) is 9.88 Å². The van der Waals surface area contributed by atoms with Crippen molar-refractivity contribution in [2.45, 2.75) is 32.7 Å². The Hall–Kier alpha value is -2.11. The third kappa shape index (κ3) is 5.71. The van der Waals surface area contributed by atoms with Gasteiger partial charge in [-0.15, -0.1) is 0 Å². The Morgan fingerprint density at radius 2 is 1.85 bits per heavy atom. The first-order valence-corrected chi connectivity index (χ1v) is 9.61. The van der Waals surface area contributed by atoms with Gasteiger partial charge >= 0.3 is 0 Å². The summed E-state index contributed by atoms with van der Waals surface area (Å²) in [5.41, 5.74) is 10.6. The van der Waals surface area contributed by atoms with Gasteiger partial charge in [-0.25, -0.2) is 4.98 Å². The number of benzene rings is 1. The number of anilines is 2. The summed E-state index contributed by atoms with van der Waals surface area (Å²) in [6.07, 6.45) is 3.13. The van der Waals surface area contributed by atoms with E-state index in [0.717, 1.165) is 63.6 Å². The Morgan fingerprint density at radius 3 is 2.58 bits per heavy atom. The van der Waals surface area contributed by atoms with Crippen LogP contribution in [0.3, 0.4) is 0 Å². The SMILES string of the molecule is CCCCNc1cc(N)nc(Cc2ccc(CN3CCOCC3)cc2)c1. The molecule has 0 unspecified atom stereocenters. The maximum atomic E-state index is 5.98. The molecule has 1 aromatic heterocycles. The van der Waals surface area contributed by atoms with Crippen LogP contribution in [0.1, 0.15) is 36.6 Å². The van der Waals surface area contributed by atoms with E-state index in [1.165, 1.54) is 17.5 Å². The highest BCUT2D eigenvalue weighted by Crippen LogP contribution is 2.17. The first kappa shape index (κ1) is 18.7. The Balaban J connectivity index is 1.59. The smallest absolute Gasteiger partial charge is 0.125 e. The van der Waals surface area contributed by atoms with E-state index in [1.54, 1.807) is 0 Å². The van der Waals surface area contributed by atoms with Crippen LogP contribution >= 0.6 is 0 Å². The predicted molar refractivity (Wildman–Crippen MR) is 107 cm³/mol. The zero-order valence-corrected chi connectivity index (χ0v) is 15.7. The lowest BCUT2D eigenvalue weighted by atomic mass is 10.1. The highest BCUT2D eigenvalue weighted by molar-refractivity contribution is 5.52. The summed E-state index contributed by atoms with van der Waals surface area (Å²) in [4.78, 5) is 6.93. The largest absolute Gasteiger partial charge is 0.385 e. The number of nitrogens with one attached hydrogen (secondary N) is 1. The minimum atomic E-state index is 0.574. The Kier molecular flexibility index (Phi) is 6.86. The van der Waals surface area contributed by atoms with Gasteiger partial charge in [0, 0.05) is 50.0 Å². The number of nitrogens with zero attached hydrogens (tertiary/aromatic N) is 2. The van der Waals surface area contributed by atoms with Crippen molar-refractivity contribution < 1.29 is 4.74 Å². The van der Waals surface area contributed by atoms with Crippen LogP contribution in [0.4, 0.5) is 11.5 Å². The average molecular weight is 354 g/mol. The second kappa shape index (κ2) is 9.55. The lowest BCUT2D eigenvalue weighted by molar-refractivity contribution is 0.0342. The first-order chi connectivity index (χ1) is 12.7. The van der Waals surface area contributed by atoms with Crippen LogP contribution in [0.25, 0.3) is 0 Å². The van der Waals surface area contributed by atoms with E-state index < -0.39 is 0 Å². The van der Waals surface area contributed by atoms with Crippen LogP contribution in [0.15, 0.2) is 36.4 Å². The summed E-state index contributed by atoms with van der Waals surface area (Å²) < 4.78 is 5.41. The molecule has 1 aromatic carbocycles. The number of rotatable bonds is 8. The normalized spacial score (nSPS) is 15.1. The first-order valence-electron chi connectivity index (χ1n) is 9.61. The Morgan fingerprint density at radius 1 is 1.12 bits per heavy atom. The van der Waals surface area contributed by atoms with Crippen molar-refractivity contribution in [3.63, 3.8) is 0 Å². The van der Waals surface area contributed by atoms with E-state index in [2.05, 4.69) is 52.5 Å². The van der Waals surface area contributed by atoms with E-state index in [9.17, 15) is 0 Å².